The smallest absolute Gasteiger partial charge is 0.219 e. The van der Waals surface area contributed by atoms with Crippen LogP contribution in [0.15, 0.2) is 24.5 Å². The maximum atomic E-state index is 12.1. The van der Waals surface area contributed by atoms with Gasteiger partial charge in [-0.05, 0) is 6.42 Å². The number of aliphatic hydroxyl groups excluding tert-OH is 1. The van der Waals surface area contributed by atoms with E-state index < -0.39 is 0 Å². The van der Waals surface area contributed by atoms with Crippen molar-refractivity contribution in [3.63, 3.8) is 0 Å². The van der Waals surface area contributed by atoms with E-state index in [2.05, 4.69) is 6.92 Å². The van der Waals surface area contributed by atoms with E-state index in [1.165, 1.54) is 69.5 Å². The molecule has 1 N–H and O–H groups in total. The van der Waals surface area contributed by atoms with Gasteiger partial charge in [-0.25, -0.2) is 4.57 Å². The number of aliphatic hydroxyl groups is 1. The Morgan fingerprint density at radius 2 is 1.50 bits per heavy atom. The lowest BCUT2D eigenvalue weighted by molar-refractivity contribution is -0.698. The van der Waals surface area contributed by atoms with Crippen molar-refractivity contribution in [2.45, 2.75) is 77.7 Å². The maximum absolute atomic E-state index is 12.1. The second-order valence-corrected chi connectivity index (χ2v) is 7.43. The molecular formula is C20H34NO2S+. The number of carbonyl (C=O) groups excluding carboxylic acids is 1. The highest BCUT2D eigenvalue weighted by Crippen LogP contribution is 2.15. The molecule has 1 aromatic rings. The summed E-state index contributed by atoms with van der Waals surface area (Å²) in [7, 11) is 0. The lowest BCUT2D eigenvalue weighted by atomic mass is 10.1. The largest absolute Gasteiger partial charge is 0.390 e. The number of carbonyl (C=O) groups is 1. The molecule has 0 spiro atoms. The van der Waals surface area contributed by atoms with Crippen LogP contribution in [-0.2, 0) is 6.54 Å². The first-order valence-electron chi connectivity index (χ1n) is 9.55. The summed E-state index contributed by atoms with van der Waals surface area (Å²) in [5.74, 6) is 0.918. The van der Waals surface area contributed by atoms with Gasteiger partial charge in [-0.3, -0.25) is 4.79 Å². The second-order valence-electron chi connectivity index (χ2n) is 6.37. The lowest BCUT2D eigenvalue weighted by Gasteiger charge is -2.03. The molecule has 136 valence electrons. The van der Waals surface area contributed by atoms with Crippen LogP contribution in [-0.4, -0.2) is 22.6 Å². The van der Waals surface area contributed by atoms with Crippen LogP contribution in [0.5, 0.6) is 0 Å². The summed E-state index contributed by atoms with van der Waals surface area (Å²) >= 11 is 1.43. The Balaban J connectivity index is 1.99. The highest BCUT2D eigenvalue weighted by atomic mass is 32.2. The van der Waals surface area contributed by atoms with E-state index in [1.54, 1.807) is 0 Å². The predicted octanol–water partition coefficient (Wildman–Crippen LogP) is 4.76. The summed E-state index contributed by atoms with van der Waals surface area (Å²) < 4.78 is 1.88. The van der Waals surface area contributed by atoms with Gasteiger partial charge in [-0.1, -0.05) is 76.5 Å². The normalized spacial score (nSPS) is 10.9. The van der Waals surface area contributed by atoms with Crippen LogP contribution >= 0.6 is 11.8 Å². The van der Waals surface area contributed by atoms with Crippen molar-refractivity contribution in [1.82, 2.24) is 0 Å². The van der Waals surface area contributed by atoms with Crippen LogP contribution in [0.4, 0.5) is 0 Å². The molecule has 3 nitrogen and oxygen atoms in total. The van der Waals surface area contributed by atoms with Crippen molar-refractivity contribution >= 4 is 16.9 Å². The molecule has 0 aliphatic rings. The molecule has 0 fully saturated rings. The van der Waals surface area contributed by atoms with E-state index in [1.807, 2.05) is 29.1 Å². The molecule has 0 unspecified atom stereocenters. The first-order valence-corrected chi connectivity index (χ1v) is 10.5. The molecule has 0 saturated carbocycles. The van der Waals surface area contributed by atoms with E-state index >= 15 is 0 Å². The summed E-state index contributed by atoms with van der Waals surface area (Å²) in [4.78, 5) is 12.1. The lowest BCUT2D eigenvalue weighted by Crippen LogP contribution is -2.34. The summed E-state index contributed by atoms with van der Waals surface area (Å²) in [5, 5.41) is 9.03. The zero-order valence-electron chi connectivity index (χ0n) is 15.2. The molecule has 0 aromatic carbocycles. The first-order chi connectivity index (χ1) is 11.8. The van der Waals surface area contributed by atoms with Crippen molar-refractivity contribution < 1.29 is 14.5 Å². The number of nitrogens with zero attached hydrogens (tertiary/aromatic N) is 1. The number of thioether (sulfide) groups is 1. The van der Waals surface area contributed by atoms with Gasteiger partial charge in [0, 0.05) is 23.4 Å². The predicted molar refractivity (Wildman–Crippen MR) is 102 cm³/mol. The van der Waals surface area contributed by atoms with E-state index in [0.29, 0.717) is 6.54 Å². The van der Waals surface area contributed by atoms with Crippen LogP contribution in [0.2, 0.25) is 0 Å². The summed E-state index contributed by atoms with van der Waals surface area (Å²) in [6.07, 6.45) is 17.0. The standard InChI is InChI=1S/C20H34NO2S/c1-2-3-4-5-6-7-8-9-10-11-18-24-20(23)19-12-14-21(15-13-19)16-17-22/h12-15,22H,2-11,16-18H2,1H3/q+1. The van der Waals surface area contributed by atoms with Gasteiger partial charge in [0.15, 0.2) is 18.9 Å². The molecule has 0 bridgehead atoms. The molecule has 0 saturated heterocycles. The zero-order valence-corrected chi connectivity index (χ0v) is 16.0. The number of unbranched alkanes of at least 4 members (excludes halogenated alkanes) is 9. The number of hydrogen-bond acceptors (Lipinski definition) is 3. The van der Waals surface area contributed by atoms with Crippen LogP contribution in [0.1, 0.15) is 81.5 Å². The van der Waals surface area contributed by atoms with Crippen molar-refractivity contribution in [3.8, 4) is 0 Å². The zero-order chi connectivity index (χ0) is 17.5. The van der Waals surface area contributed by atoms with E-state index in [-0.39, 0.29) is 11.7 Å². The fraction of sp³-hybridized carbons (Fsp3) is 0.700. The highest BCUT2D eigenvalue weighted by molar-refractivity contribution is 8.14. The molecule has 0 amide bonds. The molecule has 0 radical (unpaired) electrons. The minimum atomic E-state index is 0.117. The molecular weight excluding hydrogens is 318 g/mol. The first kappa shape index (κ1) is 21.2. The Hall–Kier alpha value is -0.870. The van der Waals surface area contributed by atoms with Crippen molar-refractivity contribution in [2.75, 3.05) is 12.4 Å². The summed E-state index contributed by atoms with van der Waals surface area (Å²) in [5.41, 5.74) is 0.751. The Kier molecular flexibility index (Phi) is 12.8. The fourth-order valence-corrected chi connectivity index (χ4v) is 3.53. The average molecular weight is 353 g/mol. The summed E-state index contributed by atoms with van der Waals surface area (Å²) in [6, 6.07) is 3.67. The summed E-state index contributed by atoms with van der Waals surface area (Å²) in [6.45, 7) is 2.94. The van der Waals surface area contributed by atoms with Crippen molar-refractivity contribution in [2.24, 2.45) is 0 Å². The van der Waals surface area contributed by atoms with Gasteiger partial charge < -0.3 is 5.11 Å². The van der Waals surface area contributed by atoms with Gasteiger partial charge >= 0.3 is 0 Å². The SMILES string of the molecule is CCCCCCCCCCCCSC(=O)c1cc[n+](CCO)cc1. The minimum Gasteiger partial charge on any atom is -0.390 e. The van der Waals surface area contributed by atoms with E-state index in [0.717, 1.165) is 17.7 Å². The van der Waals surface area contributed by atoms with Crippen LogP contribution in [0, 0.1) is 0 Å². The van der Waals surface area contributed by atoms with Gasteiger partial charge in [0.25, 0.3) is 0 Å². The number of hydrogen-bond donors (Lipinski definition) is 1. The second kappa shape index (κ2) is 14.5. The molecule has 1 heterocycles. The van der Waals surface area contributed by atoms with Crippen molar-refractivity contribution in [3.05, 3.63) is 30.1 Å². The Labute approximate surface area is 151 Å². The molecule has 0 aliphatic heterocycles. The average Bonchev–Trinajstić information content (AvgIpc) is 2.60. The molecule has 24 heavy (non-hydrogen) atoms. The van der Waals surface area contributed by atoms with E-state index in [9.17, 15) is 4.79 Å². The monoisotopic (exact) mass is 352 g/mol. The van der Waals surface area contributed by atoms with Gasteiger partial charge in [0.1, 0.15) is 6.61 Å². The molecule has 0 aliphatic carbocycles. The third kappa shape index (κ3) is 10.1. The molecule has 0 atom stereocenters. The Bertz CT molecular complexity index is 434. The van der Waals surface area contributed by atoms with Crippen molar-refractivity contribution in [1.29, 1.82) is 0 Å². The Morgan fingerprint density at radius 3 is 2.04 bits per heavy atom. The molecule has 4 heteroatoms. The van der Waals surface area contributed by atoms with Gasteiger partial charge in [0.05, 0.1) is 0 Å². The minimum absolute atomic E-state index is 0.117. The van der Waals surface area contributed by atoms with Crippen LogP contribution < -0.4 is 4.57 Å². The maximum Gasteiger partial charge on any atom is 0.219 e. The van der Waals surface area contributed by atoms with Gasteiger partial charge in [-0.2, -0.15) is 0 Å². The third-order valence-electron chi connectivity index (χ3n) is 4.22. The Morgan fingerprint density at radius 1 is 0.958 bits per heavy atom. The van der Waals surface area contributed by atoms with Gasteiger partial charge in [0.2, 0.25) is 5.12 Å². The van der Waals surface area contributed by atoms with E-state index in [4.69, 9.17) is 5.11 Å². The van der Waals surface area contributed by atoms with Gasteiger partial charge in [-0.15, -0.1) is 0 Å². The highest BCUT2D eigenvalue weighted by Gasteiger charge is 2.08. The number of aromatic nitrogens is 1. The fourth-order valence-electron chi connectivity index (χ4n) is 2.70. The van der Waals surface area contributed by atoms with Crippen LogP contribution in [0.3, 0.4) is 0 Å². The number of rotatable bonds is 14. The molecule has 1 aromatic heterocycles. The van der Waals surface area contributed by atoms with Crippen LogP contribution in [0.25, 0.3) is 0 Å². The number of pyridine rings is 1. The topological polar surface area (TPSA) is 41.2 Å². The molecule has 1 rings (SSSR count). The third-order valence-corrected chi connectivity index (χ3v) is 5.21. The quantitative estimate of drug-likeness (QED) is 0.388.